The number of benzene rings is 1. The Morgan fingerprint density at radius 1 is 1.18 bits per heavy atom. The Hall–Kier alpha value is -2.38. The van der Waals surface area contributed by atoms with Crippen LogP contribution in [0.4, 0.5) is 21.5 Å². The van der Waals surface area contributed by atoms with Crippen molar-refractivity contribution in [2.45, 2.75) is 57.7 Å². The van der Waals surface area contributed by atoms with Crippen LogP contribution in [0.25, 0.3) is 0 Å². The van der Waals surface area contributed by atoms with Crippen molar-refractivity contribution in [3.05, 3.63) is 27.8 Å². The fourth-order valence-corrected chi connectivity index (χ4v) is 4.13. The van der Waals surface area contributed by atoms with Gasteiger partial charge >= 0.3 is 0 Å². The van der Waals surface area contributed by atoms with E-state index in [9.17, 15) is 19.3 Å². The first-order chi connectivity index (χ1) is 13.4. The van der Waals surface area contributed by atoms with Crippen molar-refractivity contribution in [1.29, 1.82) is 0 Å². The van der Waals surface area contributed by atoms with E-state index in [1.54, 1.807) is 13.1 Å². The van der Waals surface area contributed by atoms with E-state index in [0.717, 1.165) is 25.7 Å². The molecule has 7 nitrogen and oxygen atoms in total. The smallest absolute Gasteiger partial charge is 0.293 e. The zero-order chi connectivity index (χ0) is 20.3. The van der Waals surface area contributed by atoms with Crippen molar-refractivity contribution in [2.24, 2.45) is 5.92 Å². The summed E-state index contributed by atoms with van der Waals surface area (Å²) in [7, 11) is 1.61. The molecule has 1 amide bonds. The Balaban J connectivity index is 1.90. The molecule has 1 aromatic carbocycles. The van der Waals surface area contributed by atoms with Crippen molar-refractivity contribution in [1.82, 2.24) is 5.32 Å². The first-order valence-electron chi connectivity index (χ1n) is 10.1. The fourth-order valence-electron chi connectivity index (χ4n) is 4.13. The zero-order valence-corrected chi connectivity index (χ0v) is 16.5. The lowest BCUT2D eigenvalue weighted by atomic mass is 9.87. The number of alkyl halides is 1. The number of carbonyl (C=O) groups excluding carboxylic acids is 1. The largest absolute Gasteiger partial charge is 0.383 e. The van der Waals surface area contributed by atoms with Gasteiger partial charge in [-0.05, 0) is 50.5 Å². The summed E-state index contributed by atoms with van der Waals surface area (Å²) < 4.78 is 13.6. The number of nitro groups is 1. The SMILES string of the molecule is CNc1cc(N2CCC(F)CC2)c(C(=O)NC2CCC(C)CC2)cc1[N+](=O)[O-]. The highest BCUT2D eigenvalue weighted by molar-refractivity contribution is 6.02. The van der Waals surface area contributed by atoms with Gasteiger partial charge in [0.15, 0.2) is 0 Å². The summed E-state index contributed by atoms with van der Waals surface area (Å²) in [5.74, 6) is 0.379. The Morgan fingerprint density at radius 2 is 1.82 bits per heavy atom. The van der Waals surface area contributed by atoms with Crippen LogP contribution in [-0.2, 0) is 0 Å². The van der Waals surface area contributed by atoms with E-state index in [2.05, 4.69) is 17.6 Å². The maximum absolute atomic E-state index is 13.6. The van der Waals surface area contributed by atoms with Crippen LogP contribution >= 0.6 is 0 Å². The van der Waals surface area contributed by atoms with Gasteiger partial charge in [-0.25, -0.2) is 4.39 Å². The molecule has 2 fully saturated rings. The van der Waals surface area contributed by atoms with E-state index >= 15 is 0 Å². The molecule has 3 rings (SSSR count). The van der Waals surface area contributed by atoms with Gasteiger partial charge in [0.05, 0.1) is 16.2 Å². The quantitative estimate of drug-likeness (QED) is 0.586. The number of hydrogen-bond acceptors (Lipinski definition) is 5. The van der Waals surface area contributed by atoms with Crippen molar-refractivity contribution in [3.8, 4) is 0 Å². The topological polar surface area (TPSA) is 87.5 Å². The normalized spacial score (nSPS) is 23.3. The van der Waals surface area contributed by atoms with Gasteiger partial charge in [0.2, 0.25) is 0 Å². The monoisotopic (exact) mass is 392 g/mol. The predicted octanol–water partition coefficient (Wildman–Crippen LogP) is 3.88. The van der Waals surface area contributed by atoms with E-state index in [1.165, 1.54) is 6.07 Å². The number of carbonyl (C=O) groups is 1. The number of nitrogens with zero attached hydrogens (tertiary/aromatic N) is 2. The molecule has 0 radical (unpaired) electrons. The third kappa shape index (κ3) is 4.54. The summed E-state index contributed by atoms with van der Waals surface area (Å²) in [6, 6.07) is 3.09. The van der Waals surface area contributed by atoms with Crippen molar-refractivity contribution >= 4 is 23.0 Å². The molecule has 0 atom stereocenters. The predicted molar refractivity (Wildman–Crippen MR) is 108 cm³/mol. The number of nitro benzene ring substituents is 1. The van der Waals surface area contributed by atoms with Crippen LogP contribution in [0.1, 0.15) is 55.8 Å². The number of amides is 1. The number of piperidine rings is 1. The Morgan fingerprint density at radius 3 is 2.39 bits per heavy atom. The first kappa shape index (κ1) is 20.4. The number of nitrogens with one attached hydrogen (secondary N) is 2. The van der Waals surface area contributed by atoms with E-state index in [1.807, 2.05) is 4.90 Å². The van der Waals surface area contributed by atoms with E-state index in [-0.39, 0.29) is 17.6 Å². The number of halogens is 1. The standard InChI is InChI=1S/C20H29FN4O3/c1-13-3-5-15(6-4-13)23-20(26)16-11-19(25(27)28)17(22-2)12-18(16)24-9-7-14(21)8-10-24/h11-15,22H,3-10H2,1-2H3,(H,23,26). The van der Waals surface area contributed by atoms with E-state index < -0.39 is 11.1 Å². The minimum absolute atomic E-state index is 0.0937. The molecule has 2 N–H and O–H groups in total. The second-order valence-electron chi connectivity index (χ2n) is 7.99. The lowest BCUT2D eigenvalue weighted by Crippen LogP contribution is -2.39. The average molecular weight is 392 g/mol. The molecule has 154 valence electrons. The van der Waals surface area contributed by atoms with Crippen LogP contribution in [0, 0.1) is 16.0 Å². The maximum atomic E-state index is 13.6. The molecule has 0 aromatic heterocycles. The maximum Gasteiger partial charge on any atom is 0.293 e. The summed E-state index contributed by atoms with van der Waals surface area (Å²) in [6.07, 6.45) is 3.94. The van der Waals surface area contributed by atoms with Crippen molar-refractivity contribution in [2.75, 3.05) is 30.4 Å². The van der Waals surface area contributed by atoms with Crippen LogP contribution in [0.3, 0.4) is 0 Å². The summed E-state index contributed by atoms with van der Waals surface area (Å²) >= 11 is 0. The number of hydrogen-bond donors (Lipinski definition) is 2. The Labute approximate surface area is 164 Å². The van der Waals surface area contributed by atoms with E-state index in [0.29, 0.717) is 48.8 Å². The highest BCUT2D eigenvalue weighted by atomic mass is 19.1. The van der Waals surface area contributed by atoms with E-state index in [4.69, 9.17) is 0 Å². The summed E-state index contributed by atoms with van der Waals surface area (Å²) in [6.45, 7) is 3.19. The molecular weight excluding hydrogens is 363 g/mol. The number of anilines is 2. The molecule has 8 heteroatoms. The fraction of sp³-hybridized carbons (Fsp3) is 0.650. The zero-order valence-electron chi connectivity index (χ0n) is 16.5. The summed E-state index contributed by atoms with van der Waals surface area (Å²) in [5, 5.41) is 17.4. The van der Waals surface area contributed by atoms with Crippen LogP contribution in [0.15, 0.2) is 12.1 Å². The Bertz CT molecular complexity index is 726. The van der Waals surface area contributed by atoms with Gasteiger partial charge < -0.3 is 15.5 Å². The molecule has 1 saturated heterocycles. The molecular formula is C20H29FN4O3. The molecule has 1 aromatic rings. The molecule has 0 unspecified atom stereocenters. The van der Waals surface area contributed by atoms with Gasteiger partial charge in [-0.2, -0.15) is 0 Å². The second-order valence-corrected chi connectivity index (χ2v) is 7.99. The molecule has 1 saturated carbocycles. The molecule has 0 spiro atoms. The molecule has 1 heterocycles. The van der Waals surface area contributed by atoms with Gasteiger partial charge in [0, 0.05) is 32.2 Å². The molecule has 2 aliphatic rings. The van der Waals surface area contributed by atoms with Gasteiger partial charge in [0.1, 0.15) is 11.9 Å². The third-order valence-corrected chi connectivity index (χ3v) is 5.94. The Kier molecular flexibility index (Phi) is 6.36. The third-order valence-electron chi connectivity index (χ3n) is 5.94. The van der Waals surface area contributed by atoms with Crippen LogP contribution in [0.2, 0.25) is 0 Å². The van der Waals surface area contributed by atoms with Gasteiger partial charge in [-0.3, -0.25) is 14.9 Å². The lowest BCUT2D eigenvalue weighted by molar-refractivity contribution is -0.383. The lowest BCUT2D eigenvalue weighted by Gasteiger charge is -2.33. The molecule has 28 heavy (non-hydrogen) atoms. The summed E-state index contributed by atoms with van der Waals surface area (Å²) in [5.41, 5.74) is 1.14. The van der Waals surface area contributed by atoms with Crippen LogP contribution in [-0.4, -0.2) is 43.2 Å². The minimum Gasteiger partial charge on any atom is -0.383 e. The first-order valence-corrected chi connectivity index (χ1v) is 10.1. The van der Waals surface area contributed by atoms with Crippen molar-refractivity contribution < 1.29 is 14.1 Å². The van der Waals surface area contributed by atoms with Gasteiger partial charge in [-0.1, -0.05) is 6.92 Å². The van der Waals surface area contributed by atoms with Crippen molar-refractivity contribution in [3.63, 3.8) is 0 Å². The number of rotatable bonds is 5. The highest BCUT2D eigenvalue weighted by Gasteiger charge is 2.28. The molecule has 1 aliphatic carbocycles. The molecule has 0 bridgehead atoms. The summed E-state index contributed by atoms with van der Waals surface area (Å²) in [4.78, 5) is 26.0. The second kappa shape index (κ2) is 8.75. The van der Waals surface area contributed by atoms with Gasteiger partial charge in [0.25, 0.3) is 11.6 Å². The van der Waals surface area contributed by atoms with Crippen LogP contribution < -0.4 is 15.5 Å². The minimum atomic E-state index is -0.834. The highest BCUT2D eigenvalue weighted by Crippen LogP contribution is 2.35. The van der Waals surface area contributed by atoms with Crippen LogP contribution in [0.5, 0.6) is 0 Å². The molecule has 1 aliphatic heterocycles. The van der Waals surface area contributed by atoms with Gasteiger partial charge in [-0.15, -0.1) is 0 Å². The average Bonchev–Trinajstić information content (AvgIpc) is 2.69.